The minimum Gasteiger partial charge on any atom is -0.453 e. The first-order valence-electron chi connectivity index (χ1n) is 13.7. The molecule has 15 heteroatoms. The van der Waals surface area contributed by atoms with Gasteiger partial charge in [0, 0.05) is 25.2 Å². The van der Waals surface area contributed by atoms with Crippen LogP contribution in [0.15, 0.2) is 18.3 Å². The second-order valence-electron chi connectivity index (χ2n) is 11.1. The molecule has 2 aliphatic heterocycles. The van der Waals surface area contributed by atoms with Gasteiger partial charge in [0.05, 0.1) is 66.1 Å². The molecule has 42 heavy (non-hydrogen) atoms. The van der Waals surface area contributed by atoms with Crippen molar-refractivity contribution in [3.63, 3.8) is 0 Å². The fourth-order valence-electron chi connectivity index (χ4n) is 5.28. The number of hydrogen-bond donors (Lipinski definition) is 4. The van der Waals surface area contributed by atoms with E-state index in [1.807, 2.05) is 0 Å². The van der Waals surface area contributed by atoms with Gasteiger partial charge in [0.2, 0.25) is 5.95 Å². The Morgan fingerprint density at radius 3 is 2.69 bits per heavy atom. The van der Waals surface area contributed by atoms with Crippen LogP contribution < -0.4 is 26.2 Å². The van der Waals surface area contributed by atoms with E-state index < -0.39 is 6.09 Å². The van der Waals surface area contributed by atoms with Gasteiger partial charge in [-0.25, -0.2) is 9.78 Å². The fourth-order valence-corrected chi connectivity index (χ4v) is 5.56. The van der Waals surface area contributed by atoms with Gasteiger partial charge < -0.3 is 35.6 Å². The zero-order valence-electron chi connectivity index (χ0n) is 23.1. The molecule has 0 spiro atoms. The highest BCUT2D eigenvalue weighted by molar-refractivity contribution is 6.36. The Kier molecular flexibility index (Phi) is 7.36. The van der Waals surface area contributed by atoms with Crippen molar-refractivity contribution < 1.29 is 14.3 Å². The Bertz CT molecular complexity index is 1610. The molecule has 0 unspecified atom stereocenters. The van der Waals surface area contributed by atoms with Gasteiger partial charge in [0.15, 0.2) is 17.2 Å². The number of carbonyl (C=O) groups excluding carboxylic acids is 1. The van der Waals surface area contributed by atoms with Crippen LogP contribution in [0.25, 0.3) is 5.65 Å². The zero-order chi connectivity index (χ0) is 29.4. The lowest BCUT2D eigenvalue weighted by molar-refractivity contribution is -0.0713. The Hall–Kier alpha value is -4.37. The van der Waals surface area contributed by atoms with E-state index in [1.165, 1.54) is 17.8 Å². The molecular formula is C27H30ClN11O3. The van der Waals surface area contributed by atoms with E-state index in [0.29, 0.717) is 72.2 Å². The summed E-state index contributed by atoms with van der Waals surface area (Å²) in [6, 6.07) is 7.68. The van der Waals surface area contributed by atoms with E-state index in [-0.39, 0.29) is 29.3 Å². The molecule has 2 atom stereocenters. The number of imidazole rings is 1. The van der Waals surface area contributed by atoms with Gasteiger partial charge in [0.1, 0.15) is 6.07 Å². The number of piperidine rings is 1. The summed E-state index contributed by atoms with van der Waals surface area (Å²) in [4.78, 5) is 23.1. The number of nitrogens with one attached hydrogen (secondary N) is 4. The number of nitriles is 2. The highest BCUT2D eigenvalue weighted by Gasteiger charge is 2.40. The monoisotopic (exact) mass is 591 g/mol. The van der Waals surface area contributed by atoms with E-state index in [1.54, 1.807) is 12.1 Å². The number of halogens is 1. The third-order valence-corrected chi connectivity index (χ3v) is 8.04. The van der Waals surface area contributed by atoms with Crippen molar-refractivity contribution in [2.45, 2.75) is 49.9 Å². The van der Waals surface area contributed by atoms with Crippen LogP contribution >= 0.6 is 11.6 Å². The van der Waals surface area contributed by atoms with Crippen molar-refractivity contribution in [1.82, 2.24) is 30.2 Å². The molecule has 4 heterocycles. The smallest absolute Gasteiger partial charge is 0.407 e. The van der Waals surface area contributed by atoms with Crippen LogP contribution in [-0.2, 0) is 9.47 Å². The number of rotatable bonds is 8. The number of nitrogens with zero attached hydrogens (tertiary/aromatic N) is 7. The summed E-state index contributed by atoms with van der Waals surface area (Å²) >= 11 is 6.99. The second kappa shape index (κ2) is 11.1. The number of carbonyl (C=O) groups is 1. The largest absolute Gasteiger partial charge is 0.453 e. The Balaban J connectivity index is 1.31. The Morgan fingerprint density at radius 2 is 2.02 bits per heavy atom. The molecule has 14 nitrogen and oxygen atoms in total. The summed E-state index contributed by atoms with van der Waals surface area (Å²) in [7, 11) is 1.34. The summed E-state index contributed by atoms with van der Waals surface area (Å²) in [5, 5.41) is 37.4. The van der Waals surface area contributed by atoms with E-state index >= 15 is 0 Å². The fraction of sp³-hybridized carbons (Fsp3) is 0.481. The van der Waals surface area contributed by atoms with Gasteiger partial charge >= 0.3 is 6.09 Å². The molecule has 1 aromatic carbocycles. The SMILES string of the molecule is COC(=O)N[C@H]1CCN(c2cc(C#N)cc(Nc3nc(NC4CC4)c4ncc(C#N)n4n3)c2Cl)C[C@@H]1NC1(C)COC1. The maximum absolute atomic E-state index is 12.1. The summed E-state index contributed by atoms with van der Waals surface area (Å²) in [6.07, 6.45) is 3.63. The predicted molar refractivity (Wildman–Crippen MR) is 154 cm³/mol. The first-order chi connectivity index (χ1) is 20.3. The van der Waals surface area contributed by atoms with Gasteiger partial charge in [-0.05, 0) is 38.3 Å². The lowest BCUT2D eigenvalue weighted by Gasteiger charge is -2.47. The van der Waals surface area contributed by atoms with Crippen LogP contribution in [0.5, 0.6) is 0 Å². The molecule has 6 rings (SSSR count). The third kappa shape index (κ3) is 5.56. The number of amides is 1. The van der Waals surface area contributed by atoms with E-state index in [2.05, 4.69) is 60.3 Å². The van der Waals surface area contributed by atoms with Crippen LogP contribution in [0, 0.1) is 22.7 Å². The molecule has 3 fully saturated rings. The van der Waals surface area contributed by atoms with Gasteiger partial charge in [-0.2, -0.15) is 20.0 Å². The average Bonchev–Trinajstić information content (AvgIpc) is 3.69. The number of aromatic nitrogens is 4. The standard InChI is InChI=1S/C27H30ClN11O3/c1-27(13-42-14-27)36-20-12-38(6-5-18(20)34-26(40)41-2)21-8-15(9-29)7-19(22(21)28)33-25-35-23(32-16-3-4-16)24-31-11-17(10-30)39(24)37-25/h7-8,11,16,18,20,36H,3-6,12-14H2,1-2H3,(H,34,40)(H2,32,33,35,37)/t18-,20-/m0/s1. The number of alkyl carbamates (subject to hydrolysis) is 1. The maximum Gasteiger partial charge on any atom is 0.407 e. The molecule has 3 aliphatic rings. The molecule has 3 aromatic rings. The molecule has 1 aliphatic carbocycles. The van der Waals surface area contributed by atoms with Crippen molar-refractivity contribution in [2.75, 3.05) is 48.9 Å². The molecule has 1 saturated carbocycles. The molecule has 0 bridgehead atoms. The summed E-state index contributed by atoms with van der Waals surface area (Å²) in [5.74, 6) is 0.702. The molecule has 0 radical (unpaired) electrons. The number of hydrogen-bond acceptors (Lipinski definition) is 12. The van der Waals surface area contributed by atoms with Gasteiger partial charge in [-0.3, -0.25) is 0 Å². The number of ether oxygens (including phenoxy) is 2. The lowest BCUT2D eigenvalue weighted by Crippen LogP contribution is -2.69. The van der Waals surface area contributed by atoms with E-state index in [0.717, 1.165) is 12.8 Å². The minimum absolute atomic E-state index is 0.141. The summed E-state index contributed by atoms with van der Waals surface area (Å²) in [6.45, 7) is 4.31. The number of fused-ring (bicyclic) bond motifs is 1. The molecule has 2 aromatic heterocycles. The maximum atomic E-state index is 12.1. The molecular weight excluding hydrogens is 562 g/mol. The van der Waals surface area contributed by atoms with Crippen molar-refractivity contribution >= 4 is 46.5 Å². The second-order valence-corrected chi connectivity index (χ2v) is 11.4. The Labute approximate surface area is 246 Å². The van der Waals surface area contributed by atoms with E-state index in [4.69, 9.17) is 21.1 Å². The molecule has 1 amide bonds. The number of methoxy groups -OCH3 is 1. The average molecular weight is 592 g/mol. The van der Waals surface area contributed by atoms with Crippen molar-refractivity contribution in [2.24, 2.45) is 0 Å². The molecule has 218 valence electrons. The number of benzene rings is 1. The summed E-state index contributed by atoms with van der Waals surface area (Å²) < 4.78 is 11.7. The number of anilines is 4. The highest BCUT2D eigenvalue weighted by Crippen LogP contribution is 2.38. The summed E-state index contributed by atoms with van der Waals surface area (Å²) in [5.41, 5.74) is 2.00. The normalized spacial score (nSPS) is 21.1. The van der Waals surface area contributed by atoms with Crippen molar-refractivity contribution in [3.05, 3.63) is 34.6 Å². The van der Waals surface area contributed by atoms with Crippen LogP contribution in [0.3, 0.4) is 0 Å². The third-order valence-electron chi connectivity index (χ3n) is 7.64. The molecule has 4 N–H and O–H groups in total. The van der Waals surface area contributed by atoms with Crippen LogP contribution in [0.4, 0.5) is 27.9 Å². The van der Waals surface area contributed by atoms with Crippen LogP contribution in [0.2, 0.25) is 5.02 Å². The Morgan fingerprint density at radius 1 is 1.21 bits per heavy atom. The van der Waals surface area contributed by atoms with Crippen molar-refractivity contribution in [1.29, 1.82) is 10.5 Å². The lowest BCUT2D eigenvalue weighted by atomic mass is 9.92. The highest BCUT2D eigenvalue weighted by atomic mass is 35.5. The first-order valence-corrected chi connectivity index (χ1v) is 14.0. The topological polar surface area (TPSA) is 178 Å². The minimum atomic E-state index is -0.490. The van der Waals surface area contributed by atoms with Gasteiger partial charge in [-0.15, -0.1) is 5.10 Å². The first kappa shape index (κ1) is 27.8. The van der Waals surface area contributed by atoms with Crippen LogP contribution in [0.1, 0.15) is 37.4 Å². The van der Waals surface area contributed by atoms with Crippen molar-refractivity contribution in [3.8, 4) is 12.1 Å². The predicted octanol–water partition coefficient (Wildman–Crippen LogP) is 2.52. The van der Waals surface area contributed by atoms with Gasteiger partial charge in [-0.1, -0.05) is 11.6 Å². The van der Waals surface area contributed by atoms with E-state index in [9.17, 15) is 15.3 Å². The zero-order valence-corrected chi connectivity index (χ0v) is 23.9. The quantitative estimate of drug-likeness (QED) is 0.301. The van der Waals surface area contributed by atoms with Gasteiger partial charge in [0.25, 0.3) is 0 Å². The van der Waals surface area contributed by atoms with Crippen LogP contribution in [-0.4, -0.2) is 82.8 Å². The molecule has 2 saturated heterocycles.